The summed E-state index contributed by atoms with van der Waals surface area (Å²) in [5, 5.41) is 0. The van der Waals surface area contributed by atoms with Crippen LogP contribution in [0.25, 0.3) is 0 Å². The molecule has 1 aliphatic rings. The second kappa shape index (κ2) is 11.2. The third-order valence-corrected chi connectivity index (χ3v) is 6.44. The molecule has 0 spiro atoms. The molecule has 1 heterocycles. The molecule has 1 unspecified atom stereocenters. The number of likely N-dealkylation sites (tertiary alicyclic amines) is 1. The maximum absolute atomic E-state index is 12.0. The van der Waals surface area contributed by atoms with Gasteiger partial charge in [0.25, 0.3) is 0 Å². The van der Waals surface area contributed by atoms with Gasteiger partial charge in [0.05, 0.1) is 18.1 Å². The van der Waals surface area contributed by atoms with Crippen molar-refractivity contribution in [2.45, 2.75) is 63.5 Å². The molecule has 0 aromatic heterocycles. The summed E-state index contributed by atoms with van der Waals surface area (Å²) >= 11 is 0. The standard InChI is InChI=1S/C21H40N2O4/c1-18(16-24)19(25)8-10-20(2,27-6)9-7-13-23(4)21(17-26-5)11-14-22(3)15-12-21/h16,18H,7-15,17H2,1-6H3/t18?,20-/m1/s1. The van der Waals surface area contributed by atoms with Crippen molar-refractivity contribution in [3.8, 4) is 0 Å². The van der Waals surface area contributed by atoms with Crippen LogP contribution in [0.3, 0.4) is 0 Å². The Hall–Kier alpha value is -0.820. The van der Waals surface area contributed by atoms with E-state index in [1.807, 2.05) is 0 Å². The van der Waals surface area contributed by atoms with E-state index in [1.54, 1.807) is 21.1 Å². The summed E-state index contributed by atoms with van der Waals surface area (Å²) in [7, 11) is 7.87. The maximum Gasteiger partial charge on any atom is 0.142 e. The molecule has 6 heteroatoms. The van der Waals surface area contributed by atoms with Gasteiger partial charge < -0.3 is 19.2 Å². The topological polar surface area (TPSA) is 59.1 Å². The van der Waals surface area contributed by atoms with Crippen LogP contribution in [0.5, 0.6) is 0 Å². The Morgan fingerprint density at radius 1 is 1.30 bits per heavy atom. The van der Waals surface area contributed by atoms with Crippen LogP contribution in [0.1, 0.15) is 52.4 Å². The predicted molar refractivity (Wildman–Crippen MR) is 108 cm³/mol. The number of Topliss-reactive ketones (excluding diaryl/α,β-unsaturated/α-hetero) is 1. The fourth-order valence-electron chi connectivity index (χ4n) is 3.89. The molecule has 0 saturated carbocycles. The number of piperidine rings is 1. The van der Waals surface area contributed by atoms with Crippen LogP contribution in [0.15, 0.2) is 0 Å². The molecule has 0 amide bonds. The Labute approximate surface area is 165 Å². The van der Waals surface area contributed by atoms with Crippen LogP contribution in [0.2, 0.25) is 0 Å². The lowest BCUT2D eigenvalue weighted by Crippen LogP contribution is -2.56. The number of hydrogen-bond donors (Lipinski definition) is 0. The highest BCUT2D eigenvalue weighted by Gasteiger charge is 2.37. The van der Waals surface area contributed by atoms with Crippen molar-refractivity contribution in [2.24, 2.45) is 5.92 Å². The summed E-state index contributed by atoms with van der Waals surface area (Å²) < 4.78 is 11.3. The number of ketones is 1. The first-order valence-corrected chi connectivity index (χ1v) is 10.1. The molecule has 1 rings (SSSR count). The molecule has 158 valence electrons. The zero-order valence-corrected chi connectivity index (χ0v) is 18.3. The SMILES string of the molecule is COCC1(N(C)CCC[C@](C)(CCC(=O)C(C)C=O)OC)CCN(C)CC1. The number of aldehydes is 1. The van der Waals surface area contributed by atoms with Crippen LogP contribution >= 0.6 is 0 Å². The minimum atomic E-state index is -0.518. The van der Waals surface area contributed by atoms with Gasteiger partial charge in [-0.1, -0.05) is 0 Å². The monoisotopic (exact) mass is 384 g/mol. The van der Waals surface area contributed by atoms with Gasteiger partial charge in [0, 0.05) is 26.2 Å². The smallest absolute Gasteiger partial charge is 0.142 e. The molecule has 0 N–H and O–H groups in total. The number of carbonyl (C=O) groups is 2. The average molecular weight is 385 g/mol. The zero-order chi connectivity index (χ0) is 20.5. The lowest BCUT2D eigenvalue weighted by atomic mass is 9.86. The lowest BCUT2D eigenvalue weighted by molar-refractivity contribution is -0.128. The lowest BCUT2D eigenvalue weighted by Gasteiger charge is -2.46. The summed E-state index contributed by atoms with van der Waals surface area (Å²) in [5.74, 6) is -0.522. The first-order valence-electron chi connectivity index (χ1n) is 10.1. The minimum absolute atomic E-state index is 0.00392. The van der Waals surface area contributed by atoms with Gasteiger partial charge in [0.1, 0.15) is 12.1 Å². The summed E-state index contributed by atoms with van der Waals surface area (Å²) in [4.78, 5) is 27.6. The molecular formula is C21H40N2O4. The molecule has 0 aromatic rings. The molecule has 27 heavy (non-hydrogen) atoms. The van der Waals surface area contributed by atoms with Crippen molar-refractivity contribution in [3.05, 3.63) is 0 Å². The normalized spacial score (nSPS) is 21.0. The molecule has 1 fully saturated rings. The fraction of sp³-hybridized carbons (Fsp3) is 0.905. The third kappa shape index (κ3) is 7.26. The van der Waals surface area contributed by atoms with Crippen molar-refractivity contribution >= 4 is 12.1 Å². The number of carbonyl (C=O) groups excluding carboxylic acids is 2. The highest BCUT2D eigenvalue weighted by molar-refractivity contribution is 5.92. The van der Waals surface area contributed by atoms with Crippen molar-refractivity contribution in [1.29, 1.82) is 0 Å². The van der Waals surface area contributed by atoms with Crippen LogP contribution in [0, 0.1) is 5.92 Å². The van der Waals surface area contributed by atoms with E-state index in [1.165, 1.54) is 0 Å². The second-order valence-electron chi connectivity index (χ2n) is 8.53. The van der Waals surface area contributed by atoms with Gasteiger partial charge in [-0.05, 0) is 79.7 Å². The summed E-state index contributed by atoms with van der Waals surface area (Å²) in [6, 6.07) is 0. The largest absolute Gasteiger partial charge is 0.383 e. The van der Waals surface area contributed by atoms with Crippen molar-refractivity contribution in [1.82, 2.24) is 9.80 Å². The zero-order valence-electron chi connectivity index (χ0n) is 18.3. The molecule has 0 radical (unpaired) electrons. The Morgan fingerprint density at radius 2 is 1.93 bits per heavy atom. The highest BCUT2D eigenvalue weighted by atomic mass is 16.5. The number of rotatable bonds is 13. The fourth-order valence-corrected chi connectivity index (χ4v) is 3.89. The Balaban J connectivity index is 2.54. The number of hydrogen-bond acceptors (Lipinski definition) is 6. The van der Waals surface area contributed by atoms with Gasteiger partial charge in [-0.25, -0.2) is 0 Å². The highest BCUT2D eigenvalue weighted by Crippen LogP contribution is 2.30. The quantitative estimate of drug-likeness (QED) is 0.359. The Morgan fingerprint density at radius 3 is 2.44 bits per heavy atom. The molecule has 1 saturated heterocycles. The Bertz CT molecular complexity index is 463. The molecular weight excluding hydrogens is 344 g/mol. The molecule has 0 bridgehead atoms. The van der Waals surface area contributed by atoms with E-state index in [2.05, 4.69) is 30.8 Å². The van der Waals surface area contributed by atoms with E-state index in [-0.39, 0.29) is 16.9 Å². The van der Waals surface area contributed by atoms with Gasteiger partial charge in [0.15, 0.2) is 0 Å². The number of methoxy groups -OCH3 is 2. The predicted octanol–water partition coefficient (Wildman–Crippen LogP) is 2.40. The second-order valence-corrected chi connectivity index (χ2v) is 8.53. The van der Waals surface area contributed by atoms with Crippen LogP contribution in [-0.4, -0.2) is 87.6 Å². The molecule has 0 aromatic carbocycles. The van der Waals surface area contributed by atoms with Crippen LogP contribution in [-0.2, 0) is 19.1 Å². The van der Waals surface area contributed by atoms with Gasteiger partial charge in [-0.3, -0.25) is 9.69 Å². The summed E-state index contributed by atoms with van der Waals surface area (Å²) in [6.07, 6.45) is 5.89. The van der Waals surface area contributed by atoms with E-state index in [0.717, 1.165) is 58.2 Å². The number of nitrogens with zero attached hydrogens (tertiary/aromatic N) is 2. The molecule has 0 aliphatic carbocycles. The van der Waals surface area contributed by atoms with E-state index in [9.17, 15) is 9.59 Å². The molecule has 1 aliphatic heterocycles. The maximum atomic E-state index is 12.0. The van der Waals surface area contributed by atoms with Gasteiger partial charge in [-0.15, -0.1) is 0 Å². The van der Waals surface area contributed by atoms with E-state index in [4.69, 9.17) is 9.47 Å². The van der Waals surface area contributed by atoms with Crippen molar-refractivity contribution in [3.63, 3.8) is 0 Å². The van der Waals surface area contributed by atoms with E-state index >= 15 is 0 Å². The van der Waals surface area contributed by atoms with E-state index < -0.39 is 5.92 Å². The number of ether oxygens (including phenoxy) is 2. The third-order valence-electron chi connectivity index (χ3n) is 6.44. The van der Waals surface area contributed by atoms with Crippen molar-refractivity contribution < 1.29 is 19.1 Å². The van der Waals surface area contributed by atoms with Gasteiger partial charge in [0.2, 0.25) is 0 Å². The van der Waals surface area contributed by atoms with Gasteiger partial charge >= 0.3 is 0 Å². The van der Waals surface area contributed by atoms with Crippen LogP contribution < -0.4 is 0 Å². The van der Waals surface area contributed by atoms with Crippen molar-refractivity contribution in [2.75, 3.05) is 54.6 Å². The van der Waals surface area contributed by atoms with Gasteiger partial charge in [-0.2, -0.15) is 0 Å². The minimum Gasteiger partial charge on any atom is -0.383 e. The number of likely N-dealkylation sites (N-methyl/N-ethyl adjacent to an activating group) is 1. The average Bonchev–Trinajstić information content (AvgIpc) is 2.67. The summed E-state index contributed by atoms with van der Waals surface area (Å²) in [5.41, 5.74) is -0.222. The summed E-state index contributed by atoms with van der Waals surface area (Å²) in [6.45, 7) is 7.65. The molecule has 6 nitrogen and oxygen atoms in total. The first-order chi connectivity index (χ1) is 12.7. The van der Waals surface area contributed by atoms with E-state index in [0.29, 0.717) is 12.8 Å². The first kappa shape index (κ1) is 24.2. The molecule has 2 atom stereocenters. The Kier molecular flexibility index (Phi) is 10.1. The van der Waals surface area contributed by atoms with Crippen LogP contribution in [0.4, 0.5) is 0 Å².